The van der Waals surface area contributed by atoms with Crippen LogP contribution in [0.4, 0.5) is 5.69 Å². The van der Waals surface area contributed by atoms with E-state index in [1.54, 1.807) is 30.3 Å². The van der Waals surface area contributed by atoms with Crippen molar-refractivity contribution < 1.29 is 13.2 Å². The van der Waals surface area contributed by atoms with Gasteiger partial charge < -0.3 is 5.32 Å². The van der Waals surface area contributed by atoms with Crippen molar-refractivity contribution in [3.63, 3.8) is 0 Å². The van der Waals surface area contributed by atoms with E-state index in [0.717, 1.165) is 0 Å². The number of nitriles is 1. The van der Waals surface area contributed by atoms with E-state index in [0.29, 0.717) is 10.7 Å². The quantitative estimate of drug-likeness (QED) is 0.891. The van der Waals surface area contributed by atoms with Crippen LogP contribution in [-0.2, 0) is 14.6 Å². The maximum absolute atomic E-state index is 11.5. The SMILES string of the molecule is N#CCCS(=O)(=O)CC(=O)Nc1ccccc1Cl. The maximum Gasteiger partial charge on any atom is 0.239 e. The lowest BCUT2D eigenvalue weighted by atomic mass is 10.3. The second-order valence-corrected chi connectivity index (χ2v) is 6.12. The predicted molar refractivity (Wildman–Crippen MR) is 69.0 cm³/mol. The molecule has 0 fully saturated rings. The Labute approximate surface area is 110 Å². The summed E-state index contributed by atoms with van der Waals surface area (Å²) in [5.41, 5.74) is 0.361. The Hall–Kier alpha value is -1.58. The first kappa shape index (κ1) is 14.5. The lowest BCUT2D eigenvalue weighted by molar-refractivity contribution is -0.113. The van der Waals surface area contributed by atoms with Crippen molar-refractivity contribution in [3.8, 4) is 6.07 Å². The number of sulfone groups is 1. The number of amides is 1. The van der Waals surface area contributed by atoms with Crippen molar-refractivity contribution in [1.29, 1.82) is 5.26 Å². The Morgan fingerprint density at radius 3 is 2.67 bits per heavy atom. The summed E-state index contributed by atoms with van der Waals surface area (Å²) in [6.07, 6.45) is -0.123. The molecule has 18 heavy (non-hydrogen) atoms. The normalized spacial score (nSPS) is 10.7. The number of benzene rings is 1. The number of nitrogens with one attached hydrogen (secondary N) is 1. The summed E-state index contributed by atoms with van der Waals surface area (Å²) in [5.74, 6) is -1.64. The maximum atomic E-state index is 11.5. The molecule has 0 heterocycles. The number of carbonyl (C=O) groups excluding carboxylic acids is 1. The molecule has 0 atom stereocenters. The Morgan fingerprint density at radius 1 is 1.39 bits per heavy atom. The third-order valence-corrected chi connectivity index (χ3v) is 3.88. The zero-order valence-corrected chi connectivity index (χ0v) is 11.0. The van der Waals surface area contributed by atoms with Crippen LogP contribution in [0.2, 0.25) is 5.02 Å². The van der Waals surface area contributed by atoms with Crippen LogP contribution in [0.15, 0.2) is 24.3 Å². The molecule has 0 aromatic heterocycles. The van der Waals surface area contributed by atoms with Crippen LogP contribution in [0.3, 0.4) is 0 Å². The second-order valence-electron chi connectivity index (χ2n) is 3.53. The van der Waals surface area contributed by atoms with E-state index in [9.17, 15) is 13.2 Å². The molecule has 0 unspecified atom stereocenters. The van der Waals surface area contributed by atoms with Gasteiger partial charge in [-0.15, -0.1) is 0 Å². The Morgan fingerprint density at radius 2 is 2.06 bits per heavy atom. The van der Waals surface area contributed by atoms with Gasteiger partial charge in [0.05, 0.1) is 22.5 Å². The lowest BCUT2D eigenvalue weighted by Gasteiger charge is -2.06. The van der Waals surface area contributed by atoms with Crippen LogP contribution in [0.1, 0.15) is 6.42 Å². The first-order valence-corrected chi connectivity index (χ1v) is 7.26. The molecule has 1 amide bonds. The van der Waals surface area contributed by atoms with Crippen LogP contribution in [-0.4, -0.2) is 25.8 Å². The Bertz CT molecular complexity index is 578. The van der Waals surface area contributed by atoms with Crippen LogP contribution >= 0.6 is 11.6 Å². The molecule has 1 N–H and O–H groups in total. The number of rotatable bonds is 5. The van der Waals surface area contributed by atoms with E-state index >= 15 is 0 Å². The number of hydrogen-bond donors (Lipinski definition) is 1. The predicted octanol–water partition coefficient (Wildman–Crippen LogP) is 1.61. The van der Waals surface area contributed by atoms with Gasteiger partial charge in [-0.25, -0.2) is 8.42 Å². The fraction of sp³-hybridized carbons (Fsp3) is 0.273. The number of para-hydroxylation sites is 1. The van der Waals surface area contributed by atoms with Gasteiger partial charge in [0.1, 0.15) is 5.75 Å². The lowest BCUT2D eigenvalue weighted by Crippen LogP contribution is -2.24. The highest BCUT2D eigenvalue weighted by atomic mass is 35.5. The van der Waals surface area contributed by atoms with Crippen molar-refractivity contribution in [3.05, 3.63) is 29.3 Å². The number of carbonyl (C=O) groups is 1. The highest BCUT2D eigenvalue weighted by molar-refractivity contribution is 7.92. The van der Waals surface area contributed by atoms with Crippen molar-refractivity contribution in [2.75, 3.05) is 16.8 Å². The van der Waals surface area contributed by atoms with Crippen molar-refractivity contribution in [1.82, 2.24) is 0 Å². The van der Waals surface area contributed by atoms with Gasteiger partial charge in [-0.3, -0.25) is 4.79 Å². The molecule has 0 bridgehead atoms. The molecule has 0 spiro atoms. The van der Waals surface area contributed by atoms with Crippen molar-refractivity contribution in [2.45, 2.75) is 6.42 Å². The van der Waals surface area contributed by atoms with Crippen LogP contribution in [0.5, 0.6) is 0 Å². The van der Waals surface area contributed by atoms with Gasteiger partial charge in [0, 0.05) is 6.42 Å². The number of halogens is 1. The standard InChI is InChI=1S/C11H11ClN2O3S/c12-9-4-1-2-5-10(9)14-11(15)8-18(16,17)7-3-6-13/h1-2,4-5H,3,7-8H2,(H,14,15). The second kappa shape index (κ2) is 6.38. The van der Waals surface area contributed by atoms with E-state index in [1.165, 1.54) is 0 Å². The summed E-state index contributed by atoms with van der Waals surface area (Å²) in [4.78, 5) is 11.5. The Kier molecular flexibility index (Phi) is 5.13. The minimum absolute atomic E-state index is 0.123. The molecule has 5 nitrogen and oxygen atoms in total. The molecule has 96 valence electrons. The van der Waals surface area contributed by atoms with Gasteiger partial charge in [0.2, 0.25) is 5.91 Å². The van der Waals surface area contributed by atoms with E-state index in [4.69, 9.17) is 16.9 Å². The summed E-state index contributed by atoms with van der Waals surface area (Å²) in [5, 5.41) is 11.0. The van der Waals surface area contributed by atoms with E-state index in [1.807, 2.05) is 0 Å². The van der Waals surface area contributed by atoms with Gasteiger partial charge in [-0.05, 0) is 12.1 Å². The number of nitrogens with zero attached hydrogens (tertiary/aromatic N) is 1. The summed E-state index contributed by atoms with van der Waals surface area (Å²) >= 11 is 5.82. The topological polar surface area (TPSA) is 87.0 Å². The molecule has 0 radical (unpaired) electrons. The van der Waals surface area contributed by atoms with Crippen molar-refractivity contribution in [2.24, 2.45) is 0 Å². The average molecular weight is 287 g/mol. The van der Waals surface area contributed by atoms with E-state index < -0.39 is 21.5 Å². The molecular weight excluding hydrogens is 276 g/mol. The molecule has 1 rings (SSSR count). The fourth-order valence-corrected chi connectivity index (χ4v) is 2.42. The highest BCUT2D eigenvalue weighted by Gasteiger charge is 2.16. The summed E-state index contributed by atoms with van der Waals surface area (Å²) in [6.45, 7) is 0. The fourth-order valence-electron chi connectivity index (χ4n) is 1.22. The van der Waals surface area contributed by atoms with Gasteiger partial charge in [0.25, 0.3) is 0 Å². The minimum Gasteiger partial charge on any atom is -0.324 e. The molecule has 0 aliphatic heterocycles. The van der Waals surface area contributed by atoms with Crippen LogP contribution < -0.4 is 5.32 Å². The van der Waals surface area contributed by atoms with Gasteiger partial charge in [-0.1, -0.05) is 23.7 Å². The van der Waals surface area contributed by atoms with Crippen LogP contribution in [0.25, 0.3) is 0 Å². The first-order chi connectivity index (χ1) is 8.44. The summed E-state index contributed by atoms with van der Waals surface area (Å²) < 4.78 is 22.9. The van der Waals surface area contributed by atoms with Gasteiger partial charge in [-0.2, -0.15) is 5.26 Å². The van der Waals surface area contributed by atoms with Gasteiger partial charge >= 0.3 is 0 Å². The largest absolute Gasteiger partial charge is 0.324 e. The molecule has 7 heteroatoms. The molecule has 0 saturated carbocycles. The number of hydrogen-bond acceptors (Lipinski definition) is 4. The monoisotopic (exact) mass is 286 g/mol. The summed E-state index contributed by atoms with van der Waals surface area (Å²) in [7, 11) is -3.55. The highest BCUT2D eigenvalue weighted by Crippen LogP contribution is 2.20. The summed E-state index contributed by atoms with van der Waals surface area (Å²) in [6, 6.07) is 8.25. The molecule has 0 aliphatic carbocycles. The molecule has 1 aromatic carbocycles. The van der Waals surface area contributed by atoms with Crippen LogP contribution in [0, 0.1) is 11.3 Å². The molecular formula is C11H11ClN2O3S. The third kappa shape index (κ3) is 4.73. The first-order valence-electron chi connectivity index (χ1n) is 5.06. The number of anilines is 1. The zero-order chi connectivity index (χ0) is 13.6. The van der Waals surface area contributed by atoms with E-state index in [2.05, 4.69) is 5.32 Å². The third-order valence-electron chi connectivity index (χ3n) is 2.02. The van der Waals surface area contributed by atoms with Gasteiger partial charge in [0.15, 0.2) is 9.84 Å². The molecule has 1 aromatic rings. The molecule has 0 aliphatic rings. The van der Waals surface area contributed by atoms with E-state index in [-0.39, 0.29) is 12.2 Å². The zero-order valence-electron chi connectivity index (χ0n) is 9.39. The minimum atomic E-state index is -3.55. The Balaban J connectivity index is 2.63. The van der Waals surface area contributed by atoms with Crippen molar-refractivity contribution >= 4 is 33.0 Å². The molecule has 0 saturated heterocycles. The smallest absolute Gasteiger partial charge is 0.239 e. The average Bonchev–Trinajstić information content (AvgIpc) is 2.29.